The number of benzene rings is 1. The monoisotopic (exact) mass is 290 g/mol. The summed E-state index contributed by atoms with van der Waals surface area (Å²) in [7, 11) is 0. The maximum atomic E-state index is 13.4. The highest BCUT2D eigenvalue weighted by atomic mass is 19.1. The van der Waals surface area contributed by atoms with Gasteiger partial charge in [0.1, 0.15) is 0 Å². The second kappa shape index (κ2) is 5.90. The van der Waals surface area contributed by atoms with Crippen molar-refractivity contribution in [1.29, 1.82) is 0 Å². The fraction of sp³-hybridized carbons (Fsp3) is 0.357. The number of nitrogens with zero attached hydrogens (tertiary/aromatic N) is 4. The minimum absolute atomic E-state index is 0.0953. The van der Waals surface area contributed by atoms with E-state index in [0.29, 0.717) is 13.1 Å². The number of amides is 1. The lowest BCUT2D eigenvalue weighted by Gasteiger charge is -2.17. The van der Waals surface area contributed by atoms with Gasteiger partial charge < -0.3 is 9.64 Å². The zero-order chi connectivity index (χ0) is 14.7. The third kappa shape index (κ3) is 3.01. The van der Waals surface area contributed by atoms with Gasteiger partial charge in [0.25, 0.3) is 5.91 Å². The molecule has 0 bridgehead atoms. The van der Waals surface area contributed by atoms with Gasteiger partial charge in [0.2, 0.25) is 0 Å². The van der Waals surface area contributed by atoms with Gasteiger partial charge in [-0.1, -0.05) is 17.3 Å². The number of aromatic nitrogens is 3. The molecule has 21 heavy (non-hydrogen) atoms. The Morgan fingerprint density at radius 3 is 3.05 bits per heavy atom. The highest BCUT2D eigenvalue weighted by molar-refractivity contribution is 5.78. The zero-order valence-electron chi connectivity index (χ0n) is 11.4. The summed E-state index contributed by atoms with van der Waals surface area (Å²) < 4.78 is 20.4. The highest BCUT2D eigenvalue weighted by Crippen LogP contribution is 2.21. The lowest BCUT2D eigenvalue weighted by Crippen LogP contribution is -2.33. The topological polar surface area (TPSA) is 60.2 Å². The molecule has 1 amide bonds. The predicted molar refractivity (Wildman–Crippen MR) is 72.2 cm³/mol. The summed E-state index contributed by atoms with van der Waals surface area (Å²) in [5.74, 6) is -0.522. The van der Waals surface area contributed by atoms with E-state index in [1.807, 2.05) is 0 Å². The van der Waals surface area contributed by atoms with E-state index < -0.39 is 5.82 Å². The Labute approximate surface area is 121 Å². The third-order valence-electron chi connectivity index (χ3n) is 3.52. The molecule has 0 spiro atoms. The van der Waals surface area contributed by atoms with Crippen LogP contribution in [0.25, 0.3) is 0 Å². The van der Waals surface area contributed by atoms with Gasteiger partial charge in [-0.25, -0.2) is 9.07 Å². The third-order valence-corrected chi connectivity index (χ3v) is 3.52. The Bertz CT molecular complexity index is 617. The van der Waals surface area contributed by atoms with Crippen LogP contribution in [-0.2, 0) is 4.79 Å². The number of ether oxygens (including phenoxy) is 1. The average molecular weight is 290 g/mol. The Morgan fingerprint density at radius 1 is 1.43 bits per heavy atom. The van der Waals surface area contributed by atoms with E-state index in [1.165, 1.54) is 12.1 Å². The fourth-order valence-corrected chi connectivity index (χ4v) is 2.39. The van der Waals surface area contributed by atoms with Crippen molar-refractivity contribution in [3.63, 3.8) is 0 Å². The van der Waals surface area contributed by atoms with Crippen LogP contribution in [0.15, 0.2) is 36.7 Å². The number of likely N-dealkylation sites (tertiary alicyclic amines) is 1. The van der Waals surface area contributed by atoms with Crippen molar-refractivity contribution in [3.8, 4) is 5.75 Å². The molecule has 1 unspecified atom stereocenters. The van der Waals surface area contributed by atoms with Crippen molar-refractivity contribution in [2.45, 2.75) is 12.5 Å². The van der Waals surface area contributed by atoms with Gasteiger partial charge in [0, 0.05) is 19.3 Å². The van der Waals surface area contributed by atoms with Crippen molar-refractivity contribution in [2.75, 3.05) is 19.7 Å². The van der Waals surface area contributed by atoms with Gasteiger partial charge in [-0.3, -0.25) is 4.79 Å². The molecule has 7 heteroatoms. The molecule has 6 nitrogen and oxygen atoms in total. The van der Waals surface area contributed by atoms with Crippen LogP contribution in [0.4, 0.5) is 4.39 Å². The van der Waals surface area contributed by atoms with Crippen molar-refractivity contribution < 1.29 is 13.9 Å². The number of hydrogen-bond acceptors (Lipinski definition) is 4. The number of para-hydroxylation sites is 1. The molecule has 0 saturated carbocycles. The van der Waals surface area contributed by atoms with Gasteiger partial charge in [-0.15, -0.1) is 5.10 Å². The number of carbonyl (C=O) groups excluding carboxylic acids is 1. The Morgan fingerprint density at radius 2 is 2.29 bits per heavy atom. The van der Waals surface area contributed by atoms with E-state index in [-0.39, 0.29) is 24.3 Å². The first-order valence-electron chi connectivity index (χ1n) is 6.75. The van der Waals surface area contributed by atoms with Crippen LogP contribution < -0.4 is 4.74 Å². The van der Waals surface area contributed by atoms with Crippen molar-refractivity contribution >= 4 is 5.91 Å². The first kappa shape index (κ1) is 13.5. The Hall–Kier alpha value is -2.44. The molecule has 2 aromatic rings. The highest BCUT2D eigenvalue weighted by Gasteiger charge is 2.28. The van der Waals surface area contributed by atoms with Crippen molar-refractivity contribution in [1.82, 2.24) is 19.9 Å². The van der Waals surface area contributed by atoms with Crippen molar-refractivity contribution in [2.24, 2.45) is 0 Å². The second-order valence-electron chi connectivity index (χ2n) is 4.88. The molecule has 1 aliphatic heterocycles. The SMILES string of the molecule is O=C(COc1ccccc1F)N1CCC(n2ccnn2)C1. The molecule has 1 aromatic heterocycles. The summed E-state index contributed by atoms with van der Waals surface area (Å²) in [5, 5.41) is 7.71. The van der Waals surface area contributed by atoms with Crippen LogP contribution in [0, 0.1) is 5.82 Å². The summed E-state index contributed by atoms with van der Waals surface area (Å²) >= 11 is 0. The largest absolute Gasteiger partial charge is 0.481 e. The van der Waals surface area contributed by atoms with Crippen LogP contribution >= 0.6 is 0 Å². The zero-order valence-corrected chi connectivity index (χ0v) is 11.4. The van der Waals surface area contributed by atoms with Gasteiger partial charge in [0.05, 0.1) is 12.2 Å². The smallest absolute Gasteiger partial charge is 0.260 e. The number of halogens is 1. The molecule has 1 saturated heterocycles. The standard InChI is InChI=1S/C14H15FN4O2/c15-12-3-1-2-4-13(12)21-10-14(20)18-7-5-11(9-18)19-8-6-16-17-19/h1-4,6,8,11H,5,7,9-10H2. The van der Waals surface area contributed by atoms with Crippen LogP contribution in [0.1, 0.15) is 12.5 Å². The number of carbonyl (C=O) groups is 1. The molecule has 110 valence electrons. The quantitative estimate of drug-likeness (QED) is 0.851. The molecular weight excluding hydrogens is 275 g/mol. The maximum Gasteiger partial charge on any atom is 0.260 e. The summed E-state index contributed by atoms with van der Waals surface area (Å²) in [4.78, 5) is 13.8. The summed E-state index contributed by atoms with van der Waals surface area (Å²) in [6, 6.07) is 6.19. The van der Waals surface area contributed by atoms with E-state index in [9.17, 15) is 9.18 Å². The normalized spacial score (nSPS) is 18.0. The Balaban J connectivity index is 1.54. The minimum atomic E-state index is -0.466. The molecule has 1 aliphatic rings. The van der Waals surface area contributed by atoms with Crippen LogP contribution in [-0.4, -0.2) is 45.5 Å². The van der Waals surface area contributed by atoms with E-state index in [4.69, 9.17) is 4.74 Å². The van der Waals surface area contributed by atoms with Crippen LogP contribution in [0.5, 0.6) is 5.75 Å². The van der Waals surface area contributed by atoms with Crippen LogP contribution in [0.2, 0.25) is 0 Å². The summed E-state index contributed by atoms with van der Waals surface area (Å²) in [5.41, 5.74) is 0. The molecule has 1 atom stereocenters. The summed E-state index contributed by atoms with van der Waals surface area (Å²) in [6.45, 7) is 1.05. The van der Waals surface area contributed by atoms with E-state index in [1.54, 1.807) is 34.1 Å². The molecule has 3 rings (SSSR count). The van der Waals surface area contributed by atoms with Gasteiger partial charge in [-0.2, -0.15) is 0 Å². The second-order valence-corrected chi connectivity index (χ2v) is 4.88. The minimum Gasteiger partial charge on any atom is -0.481 e. The first-order valence-corrected chi connectivity index (χ1v) is 6.75. The molecule has 0 aliphatic carbocycles. The Kier molecular flexibility index (Phi) is 3.81. The average Bonchev–Trinajstić information content (AvgIpc) is 3.16. The molecule has 1 fully saturated rings. The first-order chi connectivity index (χ1) is 10.2. The summed E-state index contributed by atoms with van der Waals surface area (Å²) in [6.07, 6.45) is 4.23. The van der Waals surface area contributed by atoms with Gasteiger partial charge in [0.15, 0.2) is 18.2 Å². The van der Waals surface area contributed by atoms with E-state index in [2.05, 4.69) is 10.3 Å². The number of hydrogen-bond donors (Lipinski definition) is 0. The maximum absolute atomic E-state index is 13.4. The van der Waals surface area contributed by atoms with Gasteiger partial charge >= 0.3 is 0 Å². The molecular formula is C14H15FN4O2. The molecule has 0 radical (unpaired) electrons. The molecule has 2 heterocycles. The molecule has 0 N–H and O–H groups in total. The van der Waals surface area contributed by atoms with Crippen molar-refractivity contribution in [3.05, 3.63) is 42.5 Å². The van der Waals surface area contributed by atoms with E-state index in [0.717, 1.165) is 6.42 Å². The van der Waals surface area contributed by atoms with Crippen LogP contribution in [0.3, 0.4) is 0 Å². The lowest BCUT2D eigenvalue weighted by atomic mass is 10.3. The molecule has 1 aromatic carbocycles. The fourth-order valence-electron chi connectivity index (χ4n) is 2.39. The van der Waals surface area contributed by atoms with E-state index >= 15 is 0 Å². The number of rotatable bonds is 4. The lowest BCUT2D eigenvalue weighted by molar-refractivity contribution is -0.132. The predicted octanol–water partition coefficient (Wildman–Crippen LogP) is 1.27. The van der Waals surface area contributed by atoms with Gasteiger partial charge in [-0.05, 0) is 18.6 Å².